The Morgan fingerprint density at radius 1 is 1.13 bits per heavy atom. The van der Waals surface area contributed by atoms with Crippen molar-refractivity contribution in [3.8, 4) is 11.3 Å². The molecule has 0 radical (unpaired) electrons. The summed E-state index contributed by atoms with van der Waals surface area (Å²) < 4.78 is 58.0. The fourth-order valence-corrected chi connectivity index (χ4v) is 7.12. The van der Waals surface area contributed by atoms with Gasteiger partial charge in [0.15, 0.2) is 12.1 Å². The molecular formula is C26H28F2N6O3S. The Balaban J connectivity index is 1.36. The van der Waals surface area contributed by atoms with Gasteiger partial charge in [0.05, 0.1) is 33.8 Å². The van der Waals surface area contributed by atoms with Crippen LogP contribution in [0.1, 0.15) is 68.0 Å². The first kappa shape index (κ1) is 25.4. The highest BCUT2D eigenvalue weighted by atomic mass is 32.2. The summed E-state index contributed by atoms with van der Waals surface area (Å²) in [4.78, 5) is 9.32. The average molecular weight is 543 g/mol. The molecule has 1 saturated heterocycles. The number of benzene rings is 1. The molecule has 2 bridgehead atoms. The molecule has 3 aromatic rings. The molecule has 3 heterocycles. The number of aromatic nitrogens is 4. The maximum atomic E-state index is 14.5. The van der Waals surface area contributed by atoms with Crippen LogP contribution in [-0.2, 0) is 20.0 Å². The van der Waals surface area contributed by atoms with E-state index in [4.69, 9.17) is 9.72 Å². The van der Waals surface area contributed by atoms with E-state index in [-0.39, 0.29) is 34.8 Å². The van der Waals surface area contributed by atoms with Gasteiger partial charge < -0.3 is 4.74 Å². The molecular weight excluding hydrogens is 514 g/mol. The first-order chi connectivity index (χ1) is 18.0. The molecule has 1 aromatic carbocycles. The number of rotatable bonds is 6. The summed E-state index contributed by atoms with van der Waals surface area (Å²) in [5.74, 6) is -0.833. The molecule has 0 spiro atoms. The van der Waals surface area contributed by atoms with Crippen LogP contribution in [0.25, 0.3) is 11.3 Å². The van der Waals surface area contributed by atoms with Crippen molar-refractivity contribution in [2.24, 2.45) is 5.41 Å². The number of nitrogens with one attached hydrogen (secondary N) is 2. The second-order valence-electron chi connectivity index (χ2n) is 10.9. The summed E-state index contributed by atoms with van der Waals surface area (Å²) >= 11 is 0. The van der Waals surface area contributed by atoms with Crippen LogP contribution >= 0.6 is 0 Å². The molecule has 2 aromatic heterocycles. The predicted octanol–water partition coefficient (Wildman–Crippen LogP) is 3.30. The lowest BCUT2D eigenvalue weighted by atomic mass is 9.66. The summed E-state index contributed by atoms with van der Waals surface area (Å²) in [5.41, 5.74) is 7.60. The van der Waals surface area contributed by atoms with E-state index < -0.39 is 39.3 Å². The first-order valence-corrected chi connectivity index (χ1v) is 14.6. The van der Waals surface area contributed by atoms with Gasteiger partial charge in [-0.2, -0.15) is 5.10 Å². The fraction of sp³-hybridized carbons (Fsp3) is 0.462. The summed E-state index contributed by atoms with van der Waals surface area (Å²) in [6.45, 7) is 4.34. The van der Waals surface area contributed by atoms with Gasteiger partial charge in [0.1, 0.15) is 27.7 Å². The second-order valence-corrected chi connectivity index (χ2v) is 13.1. The van der Waals surface area contributed by atoms with Crippen LogP contribution in [-0.4, -0.2) is 46.8 Å². The molecule has 9 nitrogen and oxygen atoms in total. The number of hydrazine groups is 1. The number of fused-ring (bicyclic) bond motifs is 5. The van der Waals surface area contributed by atoms with E-state index in [9.17, 15) is 17.2 Å². The standard InChI is InChI=1S/C26H28F2N6O3S/c1-25(2)15-7-10-26(25,22-14(15)13-18(31-33-22)21-16(27)5-4-6-17(21)28)19-8-11-29-23(30-19)24-34-32-20(37-24)9-12-38(3,35)36/h4-6,8,11,13,15,20,24,32,34H,7,9-10,12H2,1-3H3/t15-,20?,24?,26-/m0/s1. The van der Waals surface area contributed by atoms with Crippen LogP contribution in [0.2, 0.25) is 0 Å². The molecule has 38 heavy (non-hydrogen) atoms. The Labute approximate surface area is 219 Å². The lowest BCUT2D eigenvalue weighted by Crippen LogP contribution is -2.38. The topological polar surface area (TPSA) is 119 Å². The van der Waals surface area contributed by atoms with E-state index in [2.05, 4.69) is 39.9 Å². The van der Waals surface area contributed by atoms with Gasteiger partial charge in [0.2, 0.25) is 0 Å². The van der Waals surface area contributed by atoms with Gasteiger partial charge in [-0.15, -0.1) is 5.10 Å². The number of sulfone groups is 1. The van der Waals surface area contributed by atoms with E-state index in [1.165, 1.54) is 24.5 Å². The third-order valence-corrected chi connectivity index (χ3v) is 9.35. The second kappa shape index (κ2) is 8.80. The van der Waals surface area contributed by atoms with Gasteiger partial charge in [0, 0.05) is 18.9 Å². The Morgan fingerprint density at radius 2 is 1.89 bits per heavy atom. The Kier molecular flexibility index (Phi) is 5.87. The molecule has 1 saturated carbocycles. The highest BCUT2D eigenvalue weighted by molar-refractivity contribution is 7.90. The van der Waals surface area contributed by atoms with Gasteiger partial charge >= 0.3 is 0 Å². The van der Waals surface area contributed by atoms with Crippen molar-refractivity contribution in [2.75, 3.05) is 12.0 Å². The van der Waals surface area contributed by atoms with Crippen LogP contribution < -0.4 is 10.9 Å². The van der Waals surface area contributed by atoms with Gasteiger partial charge in [-0.3, -0.25) is 0 Å². The summed E-state index contributed by atoms with van der Waals surface area (Å²) in [5, 5.41) is 8.85. The molecule has 4 atom stereocenters. The van der Waals surface area contributed by atoms with E-state index in [0.717, 1.165) is 29.8 Å². The van der Waals surface area contributed by atoms with Crippen molar-refractivity contribution < 1.29 is 21.9 Å². The molecule has 3 aliphatic rings. The van der Waals surface area contributed by atoms with E-state index in [1.807, 2.05) is 6.07 Å². The number of hydrogen-bond acceptors (Lipinski definition) is 9. The molecule has 2 unspecified atom stereocenters. The lowest BCUT2D eigenvalue weighted by Gasteiger charge is -2.37. The zero-order valence-electron chi connectivity index (χ0n) is 21.2. The SMILES string of the molecule is CC1(C)[C@H]2CC[C@]1(c1ccnc(C3NNC(CCS(C)(=O)=O)O3)n1)c1nnc(-c3c(F)cccc3F)cc12. The van der Waals surface area contributed by atoms with Gasteiger partial charge in [0.25, 0.3) is 0 Å². The molecule has 12 heteroatoms. The van der Waals surface area contributed by atoms with Crippen molar-refractivity contribution in [1.82, 2.24) is 31.0 Å². The highest BCUT2D eigenvalue weighted by Crippen LogP contribution is 2.69. The zero-order valence-corrected chi connectivity index (χ0v) is 22.0. The van der Waals surface area contributed by atoms with Crippen LogP contribution in [0.3, 0.4) is 0 Å². The van der Waals surface area contributed by atoms with Crippen LogP contribution in [0.4, 0.5) is 8.78 Å². The van der Waals surface area contributed by atoms with Crippen LogP contribution in [0.15, 0.2) is 36.5 Å². The Bertz CT molecular complexity index is 1510. The maximum absolute atomic E-state index is 14.5. The van der Waals surface area contributed by atoms with Crippen molar-refractivity contribution >= 4 is 9.84 Å². The molecule has 0 amide bonds. The average Bonchev–Trinajstić information content (AvgIpc) is 3.50. The van der Waals surface area contributed by atoms with Crippen molar-refractivity contribution in [3.05, 3.63) is 70.9 Å². The first-order valence-electron chi connectivity index (χ1n) is 12.5. The third-order valence-electron chi connectivity index (χ3n) is 8.37. The molecule has 1 aliphatic heterocycles. The third kappa shape index (κ3) is 3.84. The molecule has 200 valence electrons. The van der Waals surface area contributed by atoms with Crippen molar-refractivity contribution in [1.29, 1.82) is 0 Å². The smallest absolute Gasteiger partial charge is 0.183 e. The number of hydrogen-bond donors (Lipinski definition) is 2. The number of nitrogens with zero attached hydrogens (tertiary/aromatic N) is 4. The zero-order chi connectivity index (χ0) is 26.9. The van der Waals surface area contributed by atoms with Gasteiger partial charge in [-0.05, 0) is 54.0 Å². The number of ether oxygens (including phenoxy) is 1. The molecule has 2 N–H and O–H groups in total. The number of halogens is 2. The maximum Gasteiger partial charge on any atom is 0.183 e. The monoisotopic (exact) mass is 542 g/mol. The largest absolute Gasteiger partial charge is 0.335 e. The minimum Gasteiger partial charge on any atom is -0.335 e. The van der Waals surface area contributed by atoms with Crippen LogP contribution in [0, 0.1) is 17.0 Å². The van der Waals surface area contributed by atoms with Crippen molar-refractivity contribution in [3.63, 3.8) is 0 Å². The minimum absolute atomic E-state index is 0.00707. The van der Waals surface area contributed by atoms with E-state index in [1.54, 1.807) is 12.3 Å². The summed E-state index contributed by atoms with van der Waals surface area (Å²) in [6.07, 6.45) is 3.67. The molecule has 2 aliphatic carbocycles. The Morgan fingerprint density at radius 3 is 2.63 bits per heavy atom. The Hall–Kier alpha value is -2.93. The quantitative estimate of drug-likeness (QED) is 0.484. The van der Waals surface area contributed by atoms with Crippen molar-refractivity contribution in [2.45, 2.75) is 56.9 Å². The van der Waals surface area contributed by atoms with Gasteiger partial charge in [-0.25, -0.2) is 38.0 Å². The fourth-order valence-electron chi connectivity index (χ4n) is 6.48. The summed E-state index contributed by atoms with van der Waals surface area (Å²) in [7, 11) is -3.12. The molecule has 2 fully saturated rings. The van der Waals surface area contributed by atoms with E-state index >= 15 is 0 Å². The summed E-state index contributed by atoms with van der Waals surface area (Å²) in [6, 6.07) is 7.41. The van der Waals surface area contributed by atoms with Crippen LogP contribution in [0.5, 0.6) is 0 Å². The highest BCUT2D eigenvalue weighted by Gasteiger charge is 2.65. The minimum atomic E-state index is -3.12. The molecule has 6 rings (SSSR count). The van der Waals surface area contributed by atoms with E-state index in [0.29, 0.717) is 5.82 Å². The van der Waals surface area contributed by atoms with Gasteiger partial charge in [-0.1, -0.05) is 19.9 Å². The normalized spacial score (nSPS) is 27.6. The lowest BCUT2D eigenvalue weighted by molar-refractivity contribution is 0.0283. The predicted molar refractivity (Wildman–Crippen MR) is 134 cm³/mol.